The van der Waals surface area contributed by atoms with Gasteiger partial charge >= 0.3 is 0 Å². The maximum atomic E-state index is 13.5. The quantitative estimate of drug-likeness (QED) is 0.682. The fraction of sp³-hybridized carbons (Fsp3) is 0.421. The predicted octanol–water partition coefficient (Wildman–Crippen LogP) is 2.48. The van der Waals surface area contributed by atoms with Gasteiger partial charge in [0, 0.05) is 12.3 Å². The van der Waals surface area contributed by atoms with Crippen molar-refractivity contribution in [3.8, 4) is 5.88 Å². The second-order valence-corrected chi connectivity index (χ2v) is 8.04. The zero-order valence-corrected chi connectivity index (χ0v) is 16.3. The number of primary amides is 1. The molecule has 0 unspecified atom stereocenters. The number of hydrogen-bond donors (Lipinski definition) is 2. The van der Waals surface area contributed by atoms with Crippen LogP contribution in [0.1, 0.15) is 42.1 Å². The van der Waals surface area contributed by atoms with E-state index < -0.39 is 0 Å². The smallest absolute Gasteiger partial charge is 0.230 e. The summed E-state index contributed by atoms with van der Waals surface area (Å²) in [6, 6.07) is 6.02. The summed E-state index contributed by atoms with van der Waals surface area (Å²) < 4.78 is 14.9. The minimum absolute atomic E-state index is 0.0542. The van der Waals surface area contributed by atoms with Gasteiger partial charge in [-0.2, -0.15) is 4.52 Å². The van der Waals surface area contributed by atoms with Crippen molar-refractivity contribution in [1.82, 2.24) is 19.5 Å². The van der Waals surface area contributed by atoms with E-state index in [-0.39, 0.29) is 29.6 Å². The molecule has 1 amide bonds. The first-order valence-corrected chi connectivity index (χ1v) is 10.2. The molecule has 3 heterocycles. The summed E-state index contributed by atoms with van der Waals surface area (Å²) >= 11 is 1.38. The monoisotopic (exact) mass is 403 g/mol. The topological polar surface area (TPSA) is 96.8 Å². The average Bonchev–Trinajstić information content (AvgIpc) is 3.23. The van der Waals surface area contributed by atoms with Crippen LogP contribution in [0, 0.1) is 11.7 Å². The van der Waals surface area contributed by atoms with Crippen LogP contribution in [0.5, 0.6) is 5.88 Å². The fourth-order valence-corrected chi connectivity index (χ4v) is 4.87. The van der Waals surface area contributed by atoms with Gasteiger partial charge in [0.15, 0.2) is 5.82 Å². The van der Waals surface area contributed by atoms with Gasteiger partial charge < -0.3 is 10.8 Å². The zero-order valence-electron chi connectivity index (χ0n) is 15.5. The molecular weight excluding hydrogens is 381 g/mol. The third-order valence-corrected chi connectivity index (χ3v) is 6.36. The first-order valence-electron chi connectivity index (χ1n) is 9.34. The Morgan fingerprint density at radius 2 is 2.04 bits per heavy atom. The molecule has 1 aliphatic heterocycles. The van der Waals surface area contributed by atoms with Crippen molar-refractivity contribution in [3.63, 3.8) is 0 Å². The summed E-state index contributed by atoms with van der Waals surface area (Å²) in [4.78, 5) is 19.5. The molecular formula is C19H22FN5O2S. The number of rotatable bonds is 5. The number of carbonyl (C=O) groups excluding carboxylic acids is 1. The summed E-state index contributed by atoms with van der Waals surface area (Å²) in [5.74, 6) is 0.0153. The number of fused-ring (bicyclic) bond motifs is 1. The number of hydrogen-bond acceptors (Lipinski definition) is 6. The molecule has 3 aromatic rings. The second kappa shape index (κ2) is 7.48. The first-order chi connectivity index (χ1) is 13.5. The van der Waals surface area contributed by atoms with Crippen LogP contribution < -0.4 is 5.73 Å². The van der Waals surface area contributed by atoms with E-state index in [2.05, 4.69) is 15.0 Å². The van der Waals surface area contributed by atoms with Crippen LogP contribution in [0.2, 0.25) is 0 Å². The molecule has 3 N–H and O–H groups in total. The van der Waals surface area contributed by atoms with Crippen LogP contribution in [0.25, 0.3) is 4.96 Å². The third kappa shape index (κ3) is 3.35. The van der Waals surface area contributed by atoms with Crippen LogP contribution in [-0.2, 0) is 11.2 Å². The molecule has 9 heteroatoms. The number of carbonyl (C=O) groups is 1. The van der Waals surface area contributed by atoms with Gasteiger partial charge in [-0.25, -0.2) is 9.37 Å². The van der Waals surface area contributed by atoms with Crippen LogP contribution in [0.4, 0.5) is 4.39 Å². The lowest BCUT2D eigenvalue weighted by atomic mass is 9.93. The van der Waals surface area contributed by atoms with Gasteiger partial charge in [-0.05, 0) is 43.6 Å². The highest BCUT2D eigenvalue weighted by atomic mass is 32.1. The molecule has 4 rings (SSSR count). The van der Waals surface area contributed by atoms with Crippen molar-refractivity contribution in [2.45, 2.75) is 32.2 Å². The highest BCUT2D eigenvalue weighted by molar-refractivity contribution is 7.17. The van der Waals surface area contributed by atoms with E-state index in [1.165, 1.54) is 28.0 Å². The summed E-state index contributed by atoms with van der Waals surface area (Å²) in [5, 5.41) is 15.2. The van der Waals surface area contributed by atoms with Crippen molar-refractivity contribution >= 4 is 22.2 Å². The van der Waals surface area contributed by atoms with E-state index in [4.69, 9.17) is 5.73 Å². The molecule has 0 bridgehead atoms. The molecule has 7 nitrogen and oxygen atoms in total. The van der Waals surface area contributed by atoms with E-state index in [9.17, 15) is 14.3 Å². The zero-order chi connectivity index (χ0) is 19.8. The number of amides is 1. The van der Waals surface area contributed by atoms with Gasteiger partial charge in [-0.1, -0.05) is 30.4 Å². The number of aromatic nitrogens is 3. The van der Waals surface area contributed by atoms with Crippen LogP contribution in [-0.4, -0.2) is 43.6 Å². The van der Waals surface area contributed by atoms with E-state index in [0.29, 0.717) is 48.0 Å². The lowest BCUT2D eigenvalue weighted by Crippen LogP contribution is -2.40. The minimum Gasteiger partial charge on any atom is -0.492 e. The lowest BCUT2D eigenvalue weighted by Gasteiger charge is -2.36. The number of aromatic hydroxyl groups is 1. The third-order valence-electron chi connectivity index (χ3n) is 5.29. The van der Waals surface area contributed by atoms with E-state index >= 15 is 0 Å². The fourth-order valence-electron chi connectivity index (χ4n) is 3.73. The summed E-state index contributed by atoms with van der Waals surface area (Å²) in [6.45, 7) is 3.27. The predicted molar refractivity (Wildman–Crippen MR) is 104 cm³/mol. The molecule has 1 aliphatic rings. The highest BCUT2D eigenvalue weighted by Gasteiger charge is 2.33. The number of piperidine rings is 1. The molecule has 0 spiro atoms. The molecule has 2 aromatic heterocycles. The molecule has 0 saturated carbocycles. The van der Waals surface area contributed by atoms with E-state index in [0.717, 1.165) is 5.56 Å². The van der Waals surface area contributed by atoms with E-state index in [1.807, 2.05) is 6.92 Å². The molecule has 148 valence electrons. The van der Waals surface area contributed by atoms with Crippen LogP contribution in [0.15, 0.2) is 24.3 Å². The summed E-state index contributed by atoms with van der Waals surface area (Å²) in [6.07, 6.45) is 2.01. The molecule has 28 heavy (non-hydrogen) atoms. The number of nitrogens with zero attached hydrogens (tertiary/aromatic N) is 4. The summed E-state index contributed by atoms with van der Waals surface area (Å²) in [7, 11) is 0. The normalized spacial score (nSPS) is 17.2. The molecule has 1 aromatic carbocycles. The standard InChI is InChI=1S/C19H22FN5O2S/c1-2-14-22-19-25(23-14)18(27)16(28-19)15(11-3-5-13(20)6-4-11)24-9-7-12(8-10-24)17(21)26/h3-6,12,15,27H,2,7-10H2,1H3,(H2,21,26)/t15-/m0/s1. The Morgan fingerprint density at radius 1 is 1.36 bits per heavy atom. The maximum Gasteiger partial charge on any atom is 0.230 e. The largest absolute Gasteiger partial charge is 0.492 e. The molecule has 1 fully saturated rings. The van der Waals surface area contributed by atoms with Crippen molar-refractivity contribution in [2.75, 3.05) is 13.1 Å². The minimum atomic E-state index is -0.311. The number of nitrogens with two attached hydrogens (primary N) is 1. The van der Waals surface area contributed by atoms with Crippen molar-refractivity contribution in [2.24, 2.45) is 11.7 Å². The number of thiazole rings is 1. The molecule has 1 saturated heterocycles. The number of benzene rings is 1. The number of halogens is 1. The van der Waals surface area contributed by atoms with Crippen LogP contribution >= 0.6 is 11.3 Å². The summed E-state index contributed by atoms with van der Waals surface area (Å²) in [5.41, 5.74) is 6.33. The Labute approximate surface area is 165 Å². The van der Waals surface area contributed by atoms with E-state index in [1.54, 1.807) is 12.1 Å². The SMILES string of the molecule is CCc1nc2sc([C@H](c3ccc(F)cc3)N3CCC(C(N)=O)CC3)c(O)n2n1. The van der Waals surface area contributed by atoms with Crippen LogP contribution in [0.3, 0.4) is 0 Å². The van der Waals surface area contributed by atoms with Gasteiger partial charge in [0.25, 0.3) is 0 Å². The Balaban J connectivity index is 1.73. The van der Waals surface area contributed by atoms with Gasteiger partial charge in [0.2, 0.25) is 16.7 Å². The van der Waals surface area contributed by atoms with Gasteiger partial charge in [0.1, 0.15) is 5.82 Å². The maximum absolute atomic E-state index is 13.5. The number of aryl methyl sites for hydroxylation is 1. The first kappa shape index (κ1) is 18.8. The van der Waals surface area contributed by atoms with Gasteiger partial charge in [0.05, 0.1) is 10.9 Å². The van der Waals surface area contributed by atoms with Crippen molar-refractivity contribution in [3.05, 3.63) is 46.3 Å². The molecule has 0 aliphatic carbocycles. The van der Waals surface area contributed by atoms with Crippen molar-refractivity contribution in [1.29, 1.82) is 0 Å². The Morgan fingerprint density at radius 3 is 2.61 bits per heavy atom. The highest BCUT2D eigenvalue weighted by Crippen LogP contribution is 2.41. The average molecular weight is 403 g/mol. The lowest BCUT2D eigenvalue weighted by molar-refractivity contribution is -0.123. The van der Waals surface area contributed by atoms with Gasteiger partial charge in [-0.15, -0.1) is 5.10 Å². The van der Waals surface area contributed by atoms with Crippen molar-refractivity contribution < 1.29 is 14.3 Å². The molecule has 0 radical (unpaired) electrons. The Hall–Kier alpha value is -2.52. The Bertz CT molecular complexity index is 992. The Kier molecular flexibility index (Phi) is 5.03. The van der Waals surface area contributed by atoms with Gasteiger partial charge in [-0.3, -0.25) is 9.69 Å². The molecule has 1 atom stereocenters. The number of likely N-dealkylation sites (tertiary alicyclic amines) is 1. The second-order valence-electron chi connectivity index (χ2n) is 7.03.